The van der Waals surface area contributed by atoms with Crippen molar-refractivity contribution in [3.63, 3.8) is 0 Å². The summed E-state index contributed by atoms with van der Waals surface area (Å²) in [5.41, 5.74) is 4.33. The number of hydrogen-bond acceptors (Lipinski definition) is 4. The Bertz CT molecular complexity index is 617. The van der Waals surface area contributed by atoms with Crippen molar-refractivity contribution in [3.8, 4) is 0 Å². The van der Waals surface area contributed by atoms with Gasteiger partial charge in [0.1, 0.15) is 0 Å². The summed E-state index contributed by atoms with van der Waals surface area (Å²) in [6.07, 6.45) is 5.50. The second kappa shape index (κ2) is 7.35. The van der Waals surface area contributed by atoms with E-state index in [-0.39, 0.29) is 12.3 Å². The Labute approximate surface area is 121 Å². The molecule has 0 aliphatic heterocycles. The lowest BCUT2D eigenvalue weighted by atomic mass is 10.2. The molecule has 0 saturated carbocycles. The van der Waals surface area contributed by atoms with Gasteiger partial charge in [0.25, 0.3) is 0 Å². The SMILES string of the molecule is Cc1nc(CC(=O)NN=C/C=C/c2ccccc2)cs1. The van der Waals surface area contributed by atoms with E-state index in [1.54, 1.807) is 12.3 Å². The molecular weight excluding hydrogens is 270 g/mol. The van der Waals surface area contributed by atoms with E-state index in [4.69, 9.17) is 0 Å². The predicted molar refractivity (Wildman–Crippen MR) is 82.7 cm³/mol. The van der Waals surface area contributed by atoms with Crippen LogP contribution in [-0.2, 0) is 11.2 Å². The first-order chi connectivity index (χ1) is 9.74. The second-order valence-corrected chi connectivity index (χ2v) is 5.18. The van der Waals surface area contributed by atoms with Crippen molar-refractivity contribution in [2.45, 2.75) is 13.3 Å². The lowest BCUT2D eigenvalue weighted by Crippen LogP contribution is -2.19. The molecule has 0 aliphatic carbocycles. The Morgan fingerprint density at radius 3 is 2.90 bits per heavy atom. The van der Waals surface area contributed by atoms with Gasteiger partial charge in [-0.3, -0.25) is 4.79 Å². The van der Waals surface area contributed by atoms with Crippen LogP contribution >= 0.6 is 11.3 Å². The van der Waals surface area contributed by atoms with Gasteiger partial charge in [0.05, 0.1) is 17.1 Å². The van der Waals surface area contributed by atoms with Gasteiger partial charge in [-0.2, -0.15) is 5.10 Å². The number of aromatic nitrogens is 1. The third kappa shape index (κ3) is 4.78. The van der Waals surface area contributed by atoms with E-state index in [0.29, 0.717) is 0 Å². The van der Waals surface area contributed by atoms with Crippen molar-refractivity contribution in [3.05, 3.63) is 58.1 Å². The highest BCUT2D eigenvalue weighted by Crippen LogP contribution is 2.08. The molecule has 1 amide bonds. The largest absolute Gasteiger partial charge is 0.273 e. The number of rotatable bonds is 5. The molecule has 2 rings (SSSR count). The number of nitrogens with one attached hydrogen (secondary N) is 1. The van der Waals surface area contributed by atoms with Crippen LogP contribution in [0.3, 0.4) is 0 Å². The highest BCUT2D eigenvalue weighted by molar-refractivity contribution is 7.09. The molecule has 0 atom stereocenters. The van der Waals surface area contributed by atoms with Gasteiger partial charge >= 0.3 is 0 Å². The number of nitrogens with zero attached hydrogens (tertiary/aromatic N) is 2. The summed E-state index contributed by atoms with van der Waals surface area (Å²) >= 11 is 1.54. The van der Waals surface area contributed by atoms with E-state index in [1.165, 1.54) is 11.3 Å². The van der Waals surface area contributed by atoms with Gasteiger partial charge in [0, 0.05) is 11.6 Å². The number of benzene rings is 1. The summed E-state index contributed by atoms with van der Waals surface area (Å²) in [5.74, 6) is -0.167. The number of carbonyl (C=O) groups is 1. The third-order valence-corrected chi connectivity index (χ3v) is 3.27. The number of hydrazone groups is 1. The fourth-order valence-electron chi connectivity index (χ4n) is 1.56. The molecule has 1 N–H and O–H groups in total. The summed E-state index contributed by atoms with van der Waals surface area (Å²) in [6.45, 7) is 1.92. The van der Waals surface area contributed by atoms with E-state index in [2.05, 4.69) is 15.5 Å². The minimum Gasteiger partial charge on any atom is -0.273 e. The summed E-state index contributed by atoms with van der Waals surface area (Å²) < 4.78 is 0. The number of hydrogen-bond donors (Lipinski definition) is 1. The van der Waals surface area contributed by atoms with Gasteiger partial charge in [-0.15, -0.1) is 11.3 Å². The van der Waals surface area contributed by atoms with Crippen molar-refractivity contribution >= 4 is 29.5 Å². The highest BCUT2D eigenvalue weighted by atomic mass is 32.1. The highest BCUT2D eigenvalue weighted by Gasteiger charge is 2.04. The molecule has 2 aromatic rings. The van der Waals surface area contributed by atoms with Crippen molar-refractivity contribution in [1.82, 2.24) is 10.4 Å². The predicted octanol–water partition coefficient (Wildman–Crippen LogP) is 2.81. The number of allylic oxidation sites excluding steroid dienone is 1. The molecule has 0 radical (unpaired) electrons. The van der Waals surface area contributed by atoms with E-state index in [0.717, 1.165) is 16.3 Å². The van der Waals surface area contributed by atoms with Crippen molar-refractivity contribution < 1.29 is 4.79 Å². The quantitative estimate of drug-likeness (QED) is 0.678. The van der Waals surface area contributed by atoms with Gasteiger partial charge in [-0.25, -0.2) is 10.4 Å². The van der Waals surface area contributed by atoms with Crippen molar-refractivity contribution in [2.75, 3.05) is 0 Å². The van der Waals surface area contributed by atoms with E-state index < -0.39 is 0 Å². The number of amides is 1. The molecule has 0 fully saturated rings. The molecule has 1 aromatic heterocycles. The first kappa shape index (κ1) is 14.1. The first-order valence-corrected chi connectivity index (χ1v) is 7.06. The molecular formula is C15H15N3OS. The molecule has 4 nitrogen and oxygen atoms in total. The zero-order valence-electron chi connectivity index (χ0n) is 11.1. The normalized spacial score (nSPS) is 11.2. The zero-order valence-corrected chi connectivity index (χ0v) is 11.9. The van der Waals surface area contributed by atoms with E-state index >= 15 is 0 Å². The van der Waals surface area contributed by atoms with Gasteiger partial charge in [-0.1, -0.05) is 36.4 Å². The first-order valence-electron chi connectivity index (χ1n) is 6.18. The smallest absolute Gasteiger partial charge is 0.246 e. The second-order valence-electron chi connectivity index (χ2n) is 4.12. The van der Waals surface area contributed by atoms with Gasteiger partial charge in [-0.05, 0) is 18.6 Å². The van der Waals surface area contributed by atoms with Gasteiger partial charge in [0.2, 0.25) is 5.91 Å². The average Bonchev–Trinajstić information content (AvgIpc) is 2.85. The number of carbonyl (C=O) groups excluding carboxylic acids is 1. The molecule has 0 saturated heterocycles. The van der Waals surface area contributed by atoms with Crippen LogP contribution in [-0.4, -0.2) is 17.1 Å². The number of aryl methyl sites for hydroxylation is 1. The lowest BCUT2D eigenvalue weighted by Gasteiger charge is -1.95. The standard InChI is InChI=1S/C15H15N3OS/c1-12-17-14(11-20-12)10-15(19)18-16-9-5-8-13-6-3-2-4-7-13/h2-9,11H,10H2,1H3,(H,18,19)/b8-5+,16-9?. The molecule has 0 spiro atoms. The molecule has 5 heteroatoms. The lowest BCUT2D eigenvalue weighted by molar-refractivity contribution is -0.120. The topological polar surface area (TPSA) is 54.4 Å². The average molecular weight is 285 g/mol. The molecule has 0 aliphatic rings. The van der Waals surface area contributed by atoms with Crippen LogP contribution in [0, 0.1) is 6.92 Å². The summed E-state index contributed by atoms with van der Waals surface area (Å²) in [7, 11) is 0. The molecule has 1 aromatic carbocycles. The van der Waals surface area contributed by atoms with Crippen LogP contribution in [0.1, 0.15) is 16.3 Å². The van der Waals surface area contributed by atoms with E-state index in [1.807, 2.05) is 48.7 Å². The maximum atomic E-state index is 11.6. The third-order valence-electron chi connectivity index (χ3n) is 2.45. The maximum absolute atomic E-state index is 11.6. The van der Waals surface area contributed by atoms with Crippen molar-refractivity contribution in [2.24, 2.45) is 5.10 Å². The van der Waals surface area contributed by atoms with Gasteiger partial charge < -0.3 is 0 Å². The maximum Gasteiger partial charge on any atom is 0.246 e. The Hall–Kier alpha value is -2.27. The van der Waals surface area contributed by atoms with Crippen LogP contribution in [0.2, 0.25) is 0 Å². The Morgan fingerprint density at radius 2 is 2.20 bits per heavy atom. The molecule has 0 unspecified atom stereocenters. The fourth-order valence-corrected chi connectivity index (χ4v) is 2.18. The van der Waals surface area contributed by atoms with E-state index in [9.17, 15) is 4.79 Å². The van der Waals surface area contributed by atoms with Crippen LogP contribution < -0.4 is 5.43 Å². The minimum absolute atomic E-state index is 0.167. The molecule has 0 bridgehead atoms. The van der Waals surface area contributed by atoms with Crippen LogP contribution in [0.5, 0.6) is 0 Å². The van der Waals surface area contributed by atoms with Crippen LogP contribution in [0.15, 0.2) is 46.9 Å². The zero-order chi connectivity index (χ0) is 14.2. The fraction of sp³-hybridized carbons (Fsp3) is 0.133. The minimum atomic E-state index is -0.167. The number of thiazole rings is 1. The Morgan fingerprint density at radius 1 is 1.40 bits per heavy atom. The van der Waals surface area contributed by atoms with Crippen molar-refractivity contribution in [1.29, 1.82) is 0 Å². The summed E-state index contributed by atoms with van der Waals surface area (Å²) in [4.78, 5) is 15.8. The Balaban J connectivity index is 1.76. The molecule has 102 valence electrons. The molecule has 1 heterocycles. The molecule has 20 heavy (non-hydrogen) atoms. The Kier molecular flexibility index (Phi) is 5.20. The summed E-state index contributed by atoms with van der Waals surface area (Å²) in [5, 5.41) is 6.70. The van der Waals surface area contributed by atoms with Crippen LogP contribution in [0.25, 0.3) is 6.08 Å². The summed E-state index contributed by atoms with van der Waals surface area (Å²) in [6, 6.07) is 9.88. The van der Waals surface area contributed by atoms with Crippen LogP contribution in [0.4, 0.5) is 0 Å². The van der Waals surface area contributed by atoms with Gasteiger partial charge in [0.15, 0.2) is 0 Å². The monoisotopic (exact) mass is 285 g/mol.